The van der Waals surface area contributed by atoms with Gasteiger partial charge in [-0.1, -0.05) is 0 Å². The minimum Gasteiger partial charge on any atom is -0.438 e. The third-order valence-electron chi connectivity index (χ3n) is 3.74. The number of sulfonamides is 1. The lowest BCUT2D eigenvalue weighted by atomic mass is 10.2. The van der Waals surface area contributed by atoms with E-state index in [0.717, 1.165) is 12.8 Å². The number of nitriles is 1. The Kier molecular flexibility index (Phi) is 4.38. The Hall–Kier alpha value is -2.63. The van der Waals surface area contributed by atoms with Crippen molar-refractivity contribution in [3.05, 3.63) is 47.7 Å². The summed E-state index contributed by atoms with van der Waals surface area (Å²) in [6.07, 6.45) is 1.65. The van der Waals surface area contributed by atoms with Crippen molar-refractivity contribution in [3.63, 3.8) is 0 Å². The zero-order valence-corrected chi connectivity index (χ0v) is 13.5. The van der Waals surface area contributed by atoms with Crippen molar-refractivity contribution in [2.45, 2.75) is 17.9 Å². The number of hydrogen-bond acceptors (Lipinski definition) is 5. The molecule has 1 aliphatic heterocycles. The van der Waals surface area contributed by atoms with Crippen molar-refractivity contribution in [3.8, 4) is 6.07 Å². The Morgan fingerprint density at radius 1 is 1.12 bits per heavy atom. The van der Waals surface area contributed by atoms with E-state index in [1.165, 1.54) is 16.4 Å². The van der Waals surface area contributed by atoms with Crippen LogP contribution in [0.25, 0.3) is 0 Å². The molecule has 1 N–H and O–H groups in total. The van der Waals surface area contributed by atoms with Gasteiger partial charge in [0.25, 0.3) is 15.9 Å². The molecule has 0 saturated carbocycles. The normalized spacial score (nSPS) is 15.1. The number of furan rings is 1. The Bertz CT molecular complexity index is 888. The number of amides is 1. The summed E-state index contributed by atoms with van der Waals surface area (Å²) in [6, 6.07) is 10.9. The van der Waals surface area contributed by atoms with Gasteiger partial charge in [0, 0.05) is 18.8 Å². The van der Waals surface area contributed by atoms with Crippen LogP contribution in [0, 0.1) is 11.3 Å². The number of benzene rings is 1. The molecule has 1 amide bonds. The molecule has 0 bridgehead atoms. The lowest BCUT2D eigenvalue weighted by Crippen LogP contribution is -2.27. The van der Waals surface area contributed by atoms with Gasteiger partial charge in [-0.05, 0) is 49.2 Å². The smallest absolute Gasteiger partial charge is 0.291 e. The first-order valence-corrected chi connectivity index (χ1v) is 8.86. The minimum atomic E-state index is -3.68. The van der Waals surface area contributed by atoms with Crippen molar-refractivity contribution in [1.29, 1.82) is 5.26 Å². The van der Waals surface area contributed by atoms with Gasteiger partial charge in [0.1, 0.15) is 0 Å². The molecular formula is C16H15N3O4S. The van der Waals surface area contributed by atoms with Crippen LogP contribution in [0.5, 0.6) is 0 Å². The van der Waals surface area contributed by atoms with Gasteiger partial charge >= 0.3 is 0 Å². The molecule has 0 aliphatic carbocycles. The average Bonchev–Trinajstić information content (AvgIpc) is 3.27. The first-order valence-electron chi connectivity index (χ1n) is 7.42. The lowest BCUT2D eigenvalue weighted by Gasteiger charge is -2.12. The van der Waals surface area contributed by atoms with E-state index in [4.69, 9.17) is 9.68 Å². The maximum atomic E-state index is 12.4. The highest BCUT2D eigenvalue weighted by Gasteiger charge is 2.30. The van der Waals surface area contributed by atoms with Crippen LogP contribution in [-0.4, -0.2) is 31.7 Å². The molecule has 124 valence electrons. The molecular weight excluding hydrogens is 330 g/mol. The Balaban J connectivity index is 1.74. The topological polar surface area (TPSA) is 103 Å². The van der Waals surface area contributed by atoms with Crippen molar-refractivity contribution in [1.82, 2.24) is 4.31 Å². The highest BCUT2D eigenvalue weighted by molar-refractivity contribution is 7.89. The van der Waals surface area contributed by atoms with Gasteiger partial charge in [-0.15, -0.1) is 0 Å². The van der Waals surface area contributed by atoms with Crippen LogP contribution in [0.15, 0.2) is 45.9 Å². The molecule has 1 aromatic carbocycles. The van der Waals surface area contributed by atoms with Crippen molar-refractivity contribution in [2.24, 2.45) is 0 Å². The van der Waals surface area contributed by atoms with Gasteiger partial charge in [-0.3, -0.25) is 4.79 Å². The summed E-state index contributed by atoms with van der Waals surface area (Å²) in [5.41, 5.74) is 0.962. The molecule has 3 rings (SSSR count). The highest BCUT2D eigenvalue weighted by Crippen LogP contribution is 2.23. The number of hydrogen-bond donors (Lipinski definition) is 1. The second-order valence-corrected chi connectivity index (χ2v) is 7.24. The predicted octanol–water partition coefficient (Wildman–Crippen LogP) is 2.19. The maximum absolute atomic E-state index is 12.4. The number of nitrogens with zero attached hydrogens (tertiary/aromatic N) is 2. The van der Waals surface area contributed by atoms with Gasteiger partial charge < -0.3 is 9.73 Å². The van der Waals surface area contributed by atoms with E-state index < -0.39 is 15.9 Å². The van der Waals surface area contributed by atoms with Crippen LogP contribution < -0.4 is 5.32 Å². The largest absolute Gasteiger partial charge is 0.438 e. The summed E-state index contributed by atoms with van der Waals surface area (Å²) in [4.78, 5) is 12.2. The van der Waals surface area contributed by atoms with E-state index in [0.29, 0.717) is 24.3 Å². The van der Waals surface area contributed by atoms with E-state index in [9.17, 15) is 13.2 Å². The Morgan fingerprint density at radius 3 is 2.42 bits per heavy atom. The number of carbonyl (C=O) groups excluding carboxylic acids is 1. The molecule has 0 spiro atoms. The zero-order chi connectivity index (χ0) is 17.2. The molecule has 0 atom stereocenters. The number of anilines is 1. The molecule has 7 nitrogen and oxygen atoms in total. The first-order chi connectivity index (χ1) is 11.5. The molecule has 1 aliphatic rings. The summed E-state index contributed by atoms with van der Waals surface area (Å²) in [5.74, 6) is -0.639. The van der Waals surface area contributed by atoms with Crippen LogP contribution in [0.1, 0.15) is 29.0 Å². The molecule has 1 saturated heterocycles. The SMILES string of the molecule is N#Cc1ccc(NC(=O)c2ccc(S(=O)(=O)N3CCCC3)o2)cc1. The van der Waals surface area contributed by atoms with Crippen LogP contribution in [0.2, 0.25) is 0 Å². The van der Waals surface area contributed by atoms with E-state index in [1.807, 2.05) is 6.07 Å². The molecule has 0 radical (unpaired) electrons. The minimum absolute atomic E-state index is 0.0860. The van der Waals surface area contributed by atoms with E-state index >= 15 is 0 Å². The quantitative estimate of drug-likeness (QED) is 0.915. The lowest BCUT2D eigenvalue weighted by molar-refractivity contribution is 0.0991. The molecule has 0 unspecified atom stereocenters. The number of nitrogens with one attached hydrogen (secondary N) is 1. The second-order valence-electron chi connectivity index (χ2n) is 5.37. The summed E-state index contributed by atoms with van der Waals surface area (Å²) in [7, 11) is -3.68. The molecule has 1 aromatic heterocycles. The van der Waals surface area contributed by atoms with E-state index in [1.54, 1.807) is 24.3 Å². The summed E-state index contributed by atoms with van der Waals surface area (Å²) in [6.45, 7) is 0.936. The van der Waals surface area contributed by atoms with Gasteiger partial charge in [0.2, 0.25) is 5.09 Å². The molecule has 2 aromatic rings. The summed E-state index contributed by atoms with van der Waals surface area (Å²) < 4.78 is 31.3. The van der Waals surface area contributed by atoms with Crippen LogP contribution in [-0.2, 0) is 10.0 Å². The zero-order valence-electron chi connectivity index (χ0n) is 12.7. The molecule has 8 heteroatoms. The van der Waals surface area contributed by atoms with Gasteiger partial charge in [0.05, 0.1) is 11.6 Å². The Morgan fingerprint density at radius 2 is 1.79 bits per heavy atom. The average molecular weight is 345 g/mol. The van der Waals surface area contributed by atoms with E-state index in [-0.39, 0.29) is 10.9 Å². The summed E-state index contributed by atoms with van der Waals surface area (Å²) in [5, 5.41) is 11.1. The standard InChI is InChI=1S/C16H15N3O4S/c17-11-12-3-5-13(6-4-12)18-16(20)14-7-8-15(23-14)24(21,22)19-9-1-2-10-19/h3-8H,1-2,9-10H2,(H,18,20). The van der Waals surface area contributed by atoms with Crippen molar-refractivity contribution >= 4 is 21.6 Å². The van der Waals surface area contributed by atoms with Gasteiger partial charge in [-0.2, -0.15) is 9.57 Å². The first kappa shape index (κ1) is 16.2. The van der Waals surface area contributed by atoms with Gasteiger partial charge in [-0.25, -0.2) is 8.42 Å². The fourth-order valence-electron chi connectivity index (χ4n) is 2.46. The van der Waals surface area contributed by atoms with Crippen LogP contribution >= 0.6 is 0 Å². The fourth-order valence-corrected chi connectivity index (χ4v) is 3.89. The fraction of sp³-hybridized carbons (Fsp3) is 0.250. The van der Waals surface area contributed by atoms with E-state index in [2.05, 4.69) is 5.32 Å². The predicted molar refractivity (Wildman–Crippen MR) is 85.8 cm³/mol. The molecule has 24 heavy (non-hydrogen) atoms. The summed E-state index contributed by atoms with van der Waals surface area (Å²) >= 11 is 0. The maximum Gasteiger partial charge on any atom is 0.291 e. The van der Waals surface area contributed by atoms with Gasteiger partial charge in [0.15, 0.2) is 5.76 Å². The monoisotopic (exact) mass is 345 g/mol. The molecule has 2 heterocycles. The third-order valence-corrected chi connectivity index (χ3v) is 5.51. The van der Waals surface area contributed by atoms with Crippen LogP contribution in [0.4, 0.5) is 5.69 Å². The number of carbonyl (C=O) groups is 1. The number of rotatable bonds is 4. The highest BCUT2D eigenvalue weighted by atomic mass is 32.2. The Labute approximate surface area is 139 Å². The van der Waals surface area contributed by atoms with Crippen molar-refractivity contribution in [2.75, 3.05) is 18.4 Å². The second kappa shape index (κ2) is 6.47. The van der Waals surface area contributed by atoms with Crippen LogP contribution in [0.3, 0.4) is 0 Å². The third kappa shape index (κ3) is 3.18. The molecule has 1 fully saturated rings. The van der Waals surface area contributed by atoms with Crippen molar-refractivity contribution < 1.29 is 17.6 Å².